The maximum Gasteiger partial charge on any atom is 0.407 e. The molecule has 0 radical (unpaired) electrons. The molecule has 0 bridgehead atoms. The van der Waals surface area contributed by atoms with E-state index in [2.05, 4.69) is 10.6 Å². The van der Waals surface area contributed by atoms with E-state index < -0.39 is 30.7 Å². The molecule has 1 atom stereocenters. The van der Waals surface area contributed by atoms with Crippen LogP contribution < -0.4 is 10.6 Å². The lowest BCUT2D eigenvalue weighted by atomic mass is 10.2. The van der Waals surface area contributed by atoms with Crippen LogP contribution in [0.15, 0.2) is 0 Å². The van der Waals surface area contributed by atoms with Gasteiger partial charge in [0.2, 0.25) is 0 Å². The van der Waals surface area contributed by atoms with Crippen molar-refractivity contribution in [1.82, 2.24) is 10.6 Å². The molecule has 7 heteroatoms. The molecule has 0 rings (SSSR count). The summed E-state index contributed by atoms with van der Waals surface area (Å²) in [6, 6.07) is -0.178. The van der Waals surface area contributed by atoms with Crippen molar-refractivity contribution in [3.05, 3.63) is 0 Å². The number of alkyl carbamates (subject to hydrolysis) is 1. The minimum atomic E-state index is -3.04. The Hall–Kier alpha value is -0.950. The highest BCUT2D eigenvalue weighted by atomic mass is 19.3. The van der Waals surface area contributed by atoms with Crippen molar-refractivity contribution in [1.29, 1.82) is 0 Å². The van der Waals surface area contributed by atoms with Gasteiger partial charge in [0, 0.05) is 12.6 Å². The quantitative estimate of drug-likeness (QED) is 0.720. The summed E-state index contributed by atoms with van der Waals surface area (Å²) in [7, 11) is 0. The van der Waals surface area contributed by atoms with Gasteiger partial charge in [-0.25, -0.2) is 13.6 Å². The zero-order valence-corrected chi connectivity index (χ0v) is 12.9. The fourth-order valence-corrected chi connectivity index (χ4v) is 1.26. The molecule has 0 aliphatic heterocycles. The molecule has 2 N–H and O–H groups in total. The number of alkyl halides is 2. The molecule has 1 unspecified atom stereocenters. The zero-order valence-electron chi connectivity index (χ0n) is 12.9. The summed E-state index contributed by atoms with van der Waals surface area (Å²) in [6.45, 7) is 8.21. The molecule has 0 aromatic heterocycles. The molecule has 0 fully saturated rings. The Morgan fingerprint density at radius 1 is 1.25 bits per heavy atom. The van der Waals surface area contributed by atoms with Gasteiger partial charge in [-0.2, -0.15) is 0 Å². The Morgan fingerprint density at radius 3 is 2.35 bits per heavy atom. The fraction of sp³-hybridized carbons (Fsp3) is 0.923. The van der Waals surface area contributed by atoms with Gasteiger partial charge in [-0.05, 0) is 34.6 Å². The summed E-state index contributed by atoms with van der Waals surface area (Å²) in [5, 5.41) is 4.73. The highest BCUT2D eigenvalue weighted by Crippen LogP contribution is 2.12. The van der Waals surface area contributed by atoms with Gasteiger partial charge in [0.1, 0.15) is 5.60 Å². The molecule has 0 aliphatic rings. The third-order valence-corrected chi connectivity index (χ3v) is 2.17. The van der Waals surface area contributed by atoms with Crippen molar-refractivity contribution in [2.24, 2.45) is 0 Å². The van der Waals surface area contributed by atoms with Crippen molar-refractivity contribution in [3.8, 4) is 0 Å². The van der Waals surface area contributed by atoms with Crippen LogP contribution >= 0.6 is 0 Å². The third-order valence-electron chi connectivity index (χ3n) is 2.17. The van der Waals surface area contributed by atoms with Crippen LogP contribution in [0.5, 0.6) is 0 Å². The van der Waals surface area contributed by atoms with Crippen molar-refractivity contribution in [3.63, 3.8) is 0 Å². The Balaban J connectivity index is 3.97. The molecular weight excluding hydrogens is 270 g/mol. The van der Waals surface area contributed by atoms with Crippen LogP contribution in [0.2, 0.25) is 0 Å². The standard InChI is InChI=1S/C13H26F2N2O3/c1-6-19-7-10(2)16-8-13(14,15)9-17-11(18)20-12(3,4)5/h10,16H,6-9H2,1-5H3,(H,17,18). The number of ether oxygens (including phenoxy) is 2. The number of carbonyl (C=O) groups is 1. The lowest BCUT2D eigenvalue weighted by Crippen LogP contribution is -2.47. The number of halogens is 2. The van der Waals surface area contributed by atoms with E-state index in [1.165, 1.54) is 0 Å². The molecule has 0 saturated carbocycles. The van der Waals surface area contributed by atoms with Crippen molar-refractivity contribution < 1.29 is 23.0 Å². The van der Waals surface area contributed by atoms with Gasteiger partial charge in [0.05, 0.1) is 19.7 Å². The van der Waals surface area contributed by atoms with Gasteiger partial charge in [0.25, 0.3) is 5.92 Å². The maximum atomic E-state index is 13.5. The Kier molecular flexibility index (Phi) is 7.96. The van der Waals surface area contributed by atoms with Gasteiger partial charge in [-0.3, -0.25) is 0 Å². The lowest BCUT2D eigenvalue weighted by molar-refractivity contribution is -0.00769. The second-order valence-electron chi connectivity index (χ2n) is 5.65. The molecule has 120 valence electrons. The van der Waals surface area contributed by atoms with Gasteiger partial charge in [0.15, 0.2) is 0 Å². The summed E-state index contributed by atoms with van der Waals surface area (Å²) < 4.78 is 37.1. The maximum absolute atomic E-state index is 13.5. The molecule has 0 aromatic rings. The molecule has 0 aromatic carbocycles. The molecule has 0 aliphatic carbocycles. The van der Waals surface area contributed by atoms with E-state index in [-0.39, 0.29) is 6.04 Å². The highest BCUT2D eigenvalue weighted by molar-refractivity contribution is 5.67. The van der Waals surface area contributed by atoms with E-state index in [1.807, 2.05) is 6.92 Å². The molecule has 0 saturated heterocycles. The minimum absolute atomic E-state index is 0.178. The van der Waals surface area contributed by atoms with Crippen LogP contribution in [0.4, 0.5) is 13.6 Å². The van der Waals surface area contributed by atoms with E-state index in [4.69, 9.17) is 9.47 Å². The number of amides is 1. The SMILES string of the molecule is CCOCC(C)NCC(F)(F)CNC(=O)OC(C)(C)C. The predicted molar refractivity (Wildman–Crippen MR) is 73.1 cm³/mol. The first-order valence-corrected chi connectivity index (χ1v) is 6.71. The number of rotatable bonds is 8. The molecule has 0 heterocycles. The highest BCUT2D eigenvalue weighted by Gasteiger charge is 2.30. The van der Waals surface area contributed by atoms with Gasteiger partial charge >= 0.3 is 6.09 Å². The fourth-order valence-electron chi connectivity index (χ4n) is 1.26. The van der Waals surface area contributed by atoms with Crippen LogP contribution in [0.25, 0.3) is 0 Å². The van der Waals surface area contributed by atoms with E-state index >= 15 is 0 Å². The van der Waals surface area contributed by atoms with Gasteiger partial charge in [-0.1, -0.05) is 0 Å². The van der Waals surface area contributed by atoms with E-state index in [0.717, 1.165) is 0 Å². The topological polar surface area (TPSA) is 59.6 Å². The van der Waals surface area contributed by atoms with Gasteiger partial charge < -0.3 is 20.1 Å². The zero-order chi connectivity index (χ0) is 15.8. The lowest BCUT2D eigenvalue weighted by Gasteiger charge is -2.23. The first kappa shape index (κ1) is 19.1. The van der Waals surface area contributed by atoms with Crippen LogP contribution in [0.1, 0.15) is 34.6 Å². The first-order valence-electron chi connectivity index (χ1n) is 6.71. The molecular formula is C13H26F2N2O3. The number of hydrogen-bond donors (Lipinski definition) is 2. The molecule has 5 nitrogen and oxygen atoms in total. The van der Waals surface area contributed by atoms with Crippen LogP contribution in [-0.4, -0.2) is 50.0 Å². The van der Waals surface area contributed by atoms with E-state index in [1.54, 1.807) is 27.7 Å². The summed E-state index contributed by atoms with van der Waals surface area (Å²) in [6.07, 6.45) is -0.848. The van der Waals surface area contributed by atoms with Crippen LogP contribution in [0, 0.1) is 0 Å². The minimum Gasteiger partial charge on any atom is -0.444 e. The summed E-state index contributed by atoms with van der Waals surface area (Å²) in [5.41, 5.74) is -0.705. The Labute approximate surface area is 119 Å². The third kappa shape index (κ3) is 10.9. The van der Waals surface area contributed by atoms with E-state index in [9.17, 15) is 13.6 Å². The normalized spacial score (nSPS) is 13.9. The summed E-state index contributed by atoms with van der Waals surface area (Å²) in [5.74, 6) is -3.04. The van der Waals surface area contributed by atoms with Crippen molar-refractivity contribution in [2.45, 2.75) is 52.2 Å². The first-order chi connectivity index (χ1) is 9.06. The monoisotopic (exact) mass is 296 g/mol. The summed E-state index contributed by atoms with van der Waals surface area (Å²) in [4.78, 5) is 11.3. The van der Waals surface area contributed by atoms with E-state index in [0.29, 0.717) is 13.2 Å². The molecule has 1 amide bonds. The van der Waals surface area contributed by atoms with Crippen LogP contribution in [0.3, 0.4) is 0 Å². The largest absolute Gasteiger partial charge is 0.444 e. The Bertz CT molecular complexity index is 294. The van der Waals surface area contributed by atoms with Crippen LogP contribution in [-0.2, 0) is 9.47 Å². The molecule has 20 heavy (non-hydrogen) atoms. The second kappa shape index (κ2) is 8.36. The number of nitrogens with one attached hydrogen (secondary N) is 2. The predicted octanol–water partition coefficient (Wildman–Crippen LogP) is 2.16. The van der Waals surface area contributed by atoms with Crippen molar-refractivity contribution in [2.75, 3.05) is 26.3 Å². The average molecular weight is 296 g/mol. The number of hydrogen-bond acceptors (Lipinski definition) is 4. The van der Waals surface area contributed by atoms with Crippen molar-refractivity contribution >= 4 is 6.09 Å². The molecule has 0 spiro atoms. The smallest absolute Gasteiger partial charge is 0.407 e. The van der Waals surface area contributed by atoms with Gasteiger partial charge in [-0.15, -0.1) is 0 Å². The number of carbonyl (C=O) groups excluding carboxylic acids is 1. The summed E-state index contributed by atoms with van der Waals surface area (Å²) >= 11 is 0. The second-order valence-corrected chi connectivity index (χ2v) is 5.65. The Morgan fingerprint density at radius 2 is 1.85 bits per heavy atom. The average Bonchev–Trinajstić information content (AvgIpc) is 2.29.